The van der Waals surface area contributed by atoms with E-state index in [1.165, 1.54) is 0 Å². The van der Waals surface area contributed by atoms with Crippen molar-refractivity contribution in [2.75, 3.05) is 29.0 Å². The Morgan fingerprint density at radius 1 is 1.12 bits per heavy atom. The molecule has 3 N–H and O–H groups in total. The number of nitrogens with one attached hydrogen (secondary N) is 1. The lowest BCUT2D eigenvalue weighted by molar-refractivity contribution is 0.619. The predicted octanol–water partition coefficient (Wildman–Crippen LogP) is 2.35. The molecule has 2 aromatic heterocycles. The second kappa shape index (κ2) is 6.91. The van der Waals surface area contributed by atoms with Crippen LogP contribution in [0.2, 0.25) is 0 Å². The first-order valence-corrected chi connectivity index (χ1v) is 8.37. The standard InChI is InChI=1S/C18H18FN7/c19-14-10-22-17(25-16(14)20)23-13-7-9-26(11-13)18-21-8-6-15(24-18)12-4-2-1-3-5-12/h1-6,8,10,13H,7,9,11H2,(H3,20,22,23,25). The maximum Gasteiger partial charge on any atom is 0.225 e. The van der Waals surface area contributed by atoms with Crippen LogP contribution in [0.25, 0.3) is 11.3 Å². The van der Waals surface area contributed by atoms with Gasteiger partial charge >= 0.3 is 0 Å². The first-order valence-electron chi connectivity index (χ1n) is 8.37. The molecule has 0 spiro atoms. The summed E-state index contributed by atoms with van der Waals surface area (Å²) in [6, 6.07) is 12.0. The van der Waals surface area contributed by atoms with Crippen molar-refractivity contribution in [1.82, 2.24) is 19.9 Å². The van der Waals surface area contributed by atoms with Crippen molar-refractivity contribution < 1.29 is 4.39 Å². The summed E-state index contributed by atoms with van der Waals surface area (Å²) in [4.78, 5) is 19.0. The number of anilines is 3. The van der Waals surface area contributed by atoms with Crippen LogP contribution < -0.4 is 16.0 Å². The van der Waals surface area contributed by atoms with Gasteiger partial charge in [0.25, 0.3) is 0 Å². The summed E-state index contributed by atoms with van der Waals surface area (Å²) >= 11 is 0. The third kappa shape index (κ3) is 3.39. The molecule has 0 amide bonds. The Kier molecular flexibility index (Phi) is 4.30. The minimum atomic E-state index is -0.616. The monoisotopic (exact) mass is 351 g/mol. The average Bonchev–Trinajstić information content (AvgIpc) is 3.14. The van der Waals surface area contributed by atoms with Gasteiger partial charge in [-0.25, -0.2) is 19.3 Å². The highest BCUT2D eigenvalue weighted by molar-refractivity contribution is 5.60. The largest absolute Gasteiger partial charge is 0.381 e. The number of benzene rings is 1. The molecular formula is C18H18FN7. The molecule has 4 rings (SSSR count). The zero-order valence-electron chi connectivity index (χ0n) is 14.0. The van der Waals surface area contributed by atoms with Crippen molar-refractivity contribution in [3.63, 3.8) is 0 Å². The smallest absolute Gasteiger partial charge is 0.225 e. The fourth-order valence-corrected chi connectivity index (χ4v) is 2.96. The summed E-state index contributed by atoms with van der Waals surface area (Å²) in [6.45, 7) is 1.52. The minimum Gasteiger partial charge on any atom is -0.381 e. The molecule has 1 fully saturated rings. The number of hydrogen-bond donors (Lipinski definition) is 2. The lowest BCUT2D eigenvalue weighted by Crippen LogP contribution is -2.28. The first kappa shape index (κ1) is 16.2. The molecule has 7 nitrogen and oxygen atoms in total. The van der Waals surface area contributed by atoms with Crippen LogP contribution in [0.1, 0.15) is 6.42 Å². The van der Waals surface area contributed by atoms with Crippen LogP contribution in [0, 0.1) is 5.82 Å². The molecule has 1 aliphatic heterocycles. The van der Waals surface area contributed by atoms with Crippen LogP contribution in [0.15, 0.2) is 48.8 Å². The summed E-state index contributed by atoms with van der Waals surface area (Å²) in [5, 5.41) is 3.19. The maximum atomic E-state index is 13.2. The fourth-order valence-electron chi connectivity index (χ4n) is 2.96. The van der Waals surface area contributed by atoms with E-state index in [1.54, 1.807) is 6.20 Å². The Hall–Kier alpha value is -3.29. The van der Waals surface area contributed by atoms with E-state index < -0.39 is 5.82 Å². The molecule has 1 unspecified atom stereocenters. The van der Waals surface area contributed by atoms with E-state index in [0.29, 0.717) is 18.4 Å². The Morgan fingerprint density at radius 3 is 2.77 bits per heavy atom. The number of nitrogens with two attached hydrogens (primary N) is 1. The Morgan fingerprint density at radius 2 is 1.96 bits per heavy atom. The molecular weight excluding hydrogens is 333 g/mol. The van der Waals surface area contributed by atoms with Gasteiger partial charge in [-0.2, -0.15) is 4.98 Å². The number of rotatable bonds is 4. The number of nitrogen functional groups attached to an aromatic ring is 1. The average molecular weight is 351 g/mol. The van der Waals surface area contributed by atoms with Crippen molar-refractivity contribution in [3.8, 4) is 11.3 Å². The van der Waals surface area contributed by atoms with Gasteiger partial charge in [-0.1, -0.05) is 30.3 Å². The van der Waals surface area contributed by atoms with Crippen LogP contribution in [0.3, 0.4) is 0 Å². The maximum absolute atomic E-state index is 13.2. The third-order valence-electron chi connectivity index (χ3n) is 4.29. The molecule has 26 heavy (non-hydrogen) atoms. The second-order valence-electron chi connectivity index (χ2n) is 6.11. The van der Waals surface area contributed by atoms with E-state index in [0.717, 1.165) is 30.4 Å². The highest BCUT2D eigenvalue weighted by Gasteiger charge is 2.25. The van der Waals surface area contributed by atoms with Crippen LogP contribution in [-0.2, 0) is 0 Å². The van der Waals surface area contributed by atoms with Gasteiger partial charge in [0.1, 0.15) is 0 Å². The lowest BCUT2D eigenvalue weighted by Gasteiger charge is -2.17. The number of halogens is 1. The van der Waals surface area contributed by atoms with Gasteiger partial charge in [0, 0.05) is 30.9 Å². The quantitative estimate of drug-likeness (QED) is 0.745. The SMILES string of the molecule is Nc1nc(NC2CCN(c3nccc(-c4ccccc4)n3)C2)ncc1F. The Bertz CT molecular complexity index is 903. The van der Waals surface area contributed by atoms with E-state index in [2.05, 4.69) is 30.2 Å². The van der Waals surface area contributed by atoms with E-state index >= 15 is 0 Å². The molecule has 132 valence electrons. The highest BCUT2D eigenvalue weighted by Crippen LogP contribution is 2.22. The summed E-state index contributed by atoms with van der Waals surface area (Å²) in [5.74, 6) is 0.246. The van der Waals surface area contributed by atoms with Crippen LogP contribution in [0.4, 0.5) is 22.1 Å². The molecule has 8 heteroatoms. The van der Waals surface area contributed by atoms with Gasteiger partial charge in [0.2, 0.25) is 11.9 Å². The van der Waals surface area contributed by atoms with Crippen LogP contribution in [-0.4, -0.2) is 39.1 Å². The van der Waals surface area contributed by atoms with E-state index in [4.69, 9.17) is 5.73 Å². The molecule has 0 aliphatic carbocycles. The van der Waals surface area contributed by atoms with Crippen LogP contribution in [0.5, 0.6) is 0 Å². The molecule has 3 heterocycles. The van der Waals surface area contributed by atoms with Crippen molar-refractivity contribution >= 4 is 17.7 Å². The second-order valence-corrected chi connectivity index (χ2v) is 6.11. The fraction of sp³-hybridized carbons (Fsp3) is 0.222. The van der Waals surface area contributed by atoms with E-state index in [9.17, 15) is 4.39 Å². The molecule has 0 bridgehead atoms. The Balaban J connectivity index is 1.46. The summed E-state index contributed by atoms with van der Waals surface area (Å²) in [6.07, 6.45) is 3.72. The van der Waals surface area contributed by atoms with Crippen LogP contribution >= 0.6 is 0 Å². The molecule has 0 radical (unpaired) electrons. The topological polar surface area (TPSA) is 92.8 Å². The lowest BCUT2D eigenvalue weighted by atomic mass is 10.1. The van der Waals surface area contributed by atoms with Crippen molar-refractivity contribution in [1.29, 1.82) is 0 Å². The zero-order chi connectivity index (χ0) is 17.9. The first-order chi connectivity index (χ1) is 12.7. The van der Waals surface area contributed by atoms with Gasteiger partial charge in [-0.15, -0.1) is 0 Å². The molecule has 1 atom stereocenters. The normalized spacial score (nSPS) is 16.7. The van der Waals surface area contributed by atoms with Crippen molar-refractivity contribution in [2.24, 2.45) is 0 Å². The van der Waals surface area contributed by atoms with E-state index in [-0.39, 0.29) is 11.9 Å². The Labute approximate surface area is 150 Å². The van der Waals surface area contributed by atoms with Crippen molar-refractivity contribution in [3.05, 3.63) is 54.6 Å². The minimum absolute atomic E-state index is 0.115. The zero-order valence-corrected chi connectivity index (χ0v) is 14.0. The van der Waals surface area contributed by atoms with E-state index in [1.807, 2.05) is 36.4 Å². The molecule has 0 saturated carbocycles. The third-order valence-corrected chi connectivity index (χ3v) is 4.29. The molecule has 1 aromatic carbocycles. The van der Waals surface area contributed by atoms with Gasteiger partial charge in [-0.05, 0) is 12.5 Å². The molecule has 3 aromatic rings. The van der Waals surface area contributed by atoms with Gasteiger partial charge in [0.05, 0.1) is 11.9 Å². The number of nitrogens with zero attached hydrogens (tertiary/aromatic N) is 5. The van der Waals surface area contributed by atoms with Gasteiger partial charge in [0.15, 0.2) is 11.6 Å². The number of aromatic nitrogens is 4. The van der Waals surface area contributed by atoms with Crippen molar-refractivity contribution in [2.45, 2.75) is 12.5 Å². The number of hydrogen-bond acceptors (Lipinski definition) is 7. The summed E-state index contributed by atoms with van der Waals surface area (Å²) in [5.41, 5.74) is 7.43. The van der Waals surface area contributed by atoms with Gasteiger partial charge < -0.3 is 16.0 Å². The summed E-state index contributed by atoms with van der Waals surface area (Å²) < 4.78 is 13.2. The highest BCUT2D eigenvalue weighted by atomic mass is 19.1. The summed E-state index contributed by atoms with van der Waals surface area (Å²) in [7, 11) is 0. The molecule has 1 saturated heterocycles. The molecule has 1 aliphatic rings. The predicted molar refractivity (Wildman–Crippen MR) is 98.1 cm³/mol. The van der Waals surface area contributed by atoms with Gasteiger partial charge in [-0.3, -0.25) is 0 Å².